The number of amides is 2. The van der Waals surface area contributed by atoms with E-state index in [9.17, 15) is 9.59 Å². The number of aromatic amines is 1. The van der Waals surface area contributed by atoms with E-state index in [1.807, 2.05) is 29.3 Å². The smallest absolute Gasteiger partial charge is 0.252 e. The largest absolute Gasteiger partial charge is 0.361 e. The summed E-state index contributed by atoms with van der Waals surface area (Å²) in [5, 5.41) is 4.11. The fourth-order valence-electron chi connectivity index (χ4n) is 5.39. The molecule has 2 amide bonds. The van der Waals surface area contributed by atoms with Crippen LogP contribution in [0.5, 0.6) is 0 Å². The number of hydrogen-bond donors (Lipinski definition) is 2. The zero-order valence-corrected chi connectivity index (χ0v) is 20.5. The highest BCUT2D eigenvalue weighted by Crippen LogP contribution is 2.26. The molecule has 2 saturated heterocycles. The molecule has 5 rings (SSSR count). The molecule has 184 valence electrons. The van der Waals surface area contributed by atoms with E-state index in [1.165, 1.54) is 12.8 Å². The fraction of sp³-hybridized carbons (Fsp3) is 0.444. The molecule has 2 aliphatic rings. The summed E-state index contributed by atoms with van der Waals surface area (Å²) in [5.41, 5.74) is 0.935. The van der Waals surface area contributed by atoms with Gasteiger partial charge in [-0.3, -0.25) is 19.5 Å². The molecule has 4 heterocycles. The van der Waals surface area contributed by atoms with Crippen LogP contribution in [0.2, 0.25) is 0 Å². The summed E-state index contributed by atoms with van der Waals surface area (Å²) in [6, 6.07) is 11.7. The average Bonchev–Trinajstić information content (AvgIpc) is 3.37. The van der Waals surface area contributed by atoms with Gasteiger partial charge in [-0.05, 0) is 81.2 Å². The number of pyridine rings is 1. The van der Waals surface area contributed by atoms with Crippen molar-refractivity contribution in [3.05, 3.63) is 66.1 Å². The minimum Gasteiger partial charge on any atom is -0.361 e. The van der Waals surface area contributed by atoms with Gasteiger partial charge in [0.25, 0.3) is 11.8 Å². The van der Waals surface area contributed by atoms with E-state index in [2.05, 4.69) is 32.1 Å². The monoisotopic (exact) mass is 474 g/mol. The molecule has 0 unspecified atom stereocenters. The molecule has 0 aliphatic carbocycles. The van der Waals surface area contributed by atoms with Gasteiger partial charge in [0.05, 0.1) is 0 Å². The number of hydrogen-bond acceptors (Lipinski definition) is 5. The van der Waals surface area contributed by atoms with Gasteiger partial charge in [0.1, 0.15) is 5.54 Å². The second kappa shape index (κ2) is 9.79. The number of rotatable bonds is 5. The number of piperazine rings is 1. The van der Waals surface area contributed by atoms with E-state index in [0.29, 0.717) is 24.7 Å². The van der Waals surface area contributed by atoms with E-state index in [1.54, 1.807) is 37.5 Å². The highest BCUT2D eigenvalue weighted by atomic mass is 16.2. The van der Waals surface area contributed by atoms with Gasteiger partial charge < -0.3 is 20.1 Å². The number of likely N-dealkylation sites (tertiary alicyclic amines) is 1. The first-order valence-electron chi connectivity index (χ1n) is 12.5. The summed E-state index contributed by atoms with van der Waals surface area (Å²) in [7, 11) is 2.18. The lowest BCUT2D eigenvalue weighted by Crippen LogP contribution is -2.60. The average molecular weight is 475 g/mol. The Balaban J connectivity index is 1.33. The number of H-pyrrole nitrogens is 1. The van der Waals surface area contributed by atoms with Crippen LogP contribution in [-0.4, -0.2) is 88.8 Å². The van der Waals surface area contributed by atoms with Gasteiger partial charge in [-0.1, -0.05) is 6.07 Å². The van der Waals surface area contributed by atoms with Crippen molar-refractivity contribution in [1.82, 2.24) is 30.0 Å². The van der Waals surface area contributed by atoms with E-state index in [-0.39, 0.29) is 11.8 Å². The summed E-state index contributed by atoms with van der Waals surface area (Å²) in [5.74, 6) is -0.361. The minimum atomic E-state index is -1.19. The van der Waals surface area contributed by atoms with Crippen molar-refractivity contribution in [3.8, 4) is 0 Å². The number of aromatic nitrogens is 2. The molecular weight excluding hydrogens is 440 g/mol. The number of nitrogens with one attached hydrogen (secondary N) is 2. The van der Waals surface area contributed by atoms with E-state index >= 15 is 0 Å². The van der Waals surface area contributed by atoms with Gasteiger partial charge in [0.15, 0.2) is 0 Å². The lowest BCUT2D eigenvalue weighted by Gasteiger charge is -2.44. The van der Waals surface area contributed by atoms with Gasteiger partial charge in [-0.2, -0.15) is 0 Å². The number of benzene rings is 1. The highest BCUT2D eigenvalue weighted by Gasteiger charge is 2.41. The van der Waals surface area contributed by atoms with E-state index in [4.69, 9.17) is 0 Å². The molecule has 8 nitrogen and oxygen atoms in total. The first-order chi connectivity index (χ1) is 16.9. The van der Waals surface area contributed by atoms with Crippen LogP contribution in [0.4, 0.5) is 0 Å². The molecule has 2 aliphatic heterocycles. The lowest BCUT2D eigenvalue weighted by molar-refractivity contribution is -0.140. The van der Waals surface area contributed by atoms with Crippen molar-refractivity contribution in [3.63, 3.8) is 0 Å². The standard InChI is InChI=1S/C27H34N6O2/c1-27(22-6-10-28-11-7-22,30-25(34)21-4-3-20-5-12-29-24(20)19-21)26(35)33-17-15-32(16-18-33)23-8-13-31(2)14-9-23/h3-7,10-12,19,23,29H,8-9,13-18H2,1-2H3,(H,30,34)/t27-/m1/s1. The number of carbonyl (C=O) groups is 2. The normalized spacial score (nSPS) is 20.0. The molecular formula is C27H34N6O2. The third-order valence-electron chi connectivity index (χ3n) is 7.67. The molecule has 3 aromatic rings. The Bertz CT molecular complexity index is 1180. The van der Waals surface area contributed by atoms with Crippen molar-refractivity contribution in [2.24, 2.45) is 0 Å². The van der Waals surface area contributed by atoms with Crippen LogP contribution in [0.15, 0.2) is 55.0 Å². The van der Waals surface area contributed by atoms with Crippen molar-refractivity contribution >= 4 is 22.7 Å². The summed E-state index contributed by atoms with van der Waals surface area (Å²) in [6.07, 6.45) is 7.54. The quantitative estimate of drug-likeness (QED) is 0.594. The first kappa shape index (κ1) is 23.5. The second-order valence-corrected chi connectivity index (χ2v) is 9.96. The summed E-state index contributed by atoms with van der Waals surface area (Å²) in [4.78, 5) is 41.4. The topological polar surface area (TPSA) is 84.6 Å². The minimum absolute atomic E-state index is 0.0824. The molecule has 2 aromatic heterocycles. The Morgan fingerprint density at radius 3 is 2.43 bits per heavy atom. The van der Waals surface area contributed by atoms with Crippen LogP contribution in [-0.2, 0) is 10.3 Å². The van der Waals surface area contributed by atoms with Crippen LogP contribution < -0.4 is 5.32 Å². The second-order valence-electron chi connectivity index (χ2n) is 9.96. The zero-order chi connectivity index (χ0) is 24.4. The van der Waals surface area contributed by atoms with Crippen molar-refractivity contribution in [2.45, 2.75) is 31.3 Å². The SMILES string of the molecule is CN1CCC(N2CCN(C(=O)[C@](C)(NC(=O)c3ccc4cc[nH]c4c3)c3ccncc3)CC2)CC1. The van der Waals surface area contributed by atoms with Crippen molar-refractivity contribution in [1.29, 1.82) is 0 Å². The molecule has 0 saturated carbocycles. The lowest BCUT2D eigenvalue weighted by atomic mass is 9.90. The molecule has 2 N–H and O–H groups in total. The Morgan fingerprint density at radius 2 is 1.71 bits per heavy atom. The summed E-state index contributed by atoms with van der Waals surface area (Å²) >= 11 is 0. The predicted molar refractivity (Wildman–Crippen MR) is 136 cm³/mol. The zero-order valence-electron chi connectivity index (χ0n) is 20.5. The van der Waals surface area contributed by atoms with E-state index in [0.717, 1.165) is 42.6 Å². The fourth-order valence-corrected chi connectivity index (χ4v) is 5.39. The summed E-state index contributed by atoms with van der Waals surface area (Å²) in [6.45, 7) is 7.12. The molecule has 2 fully saturated rings. The summed E-state index contributed by atoms with van der Waals surface area (Å²) < 4.78 is 0. The maximum absolute atomic E-state index is 13.9. The van der Waals surface area contributed by atoms with Gasteiger partial charge >= 0.3 is 0 Å². The molecule has 0 spiro atoms. The first-order valence-corrected chi connectivity index (χ1v) is 12.5. The Kier molecular flexibility index (Phi) is 6.58. The Hall–Kier alpha value is -3.23. The van der Waals surface area contributed by atoms with Gasteiger partial charge in [0, 0.05) is 61.9 Å². The number of carbonyl (C=O) groups excluding carboxylic acids is 2. The molecule has 1 atom stereocenters. The number of fused-ring (bicyclic) bond motifs is 1. The Labute approximate surface area is 206 Å². The van der Waals surface area contributed by atoms with Gasteiger partial charge in [-0.15, -0.1) is 0 Å². The maximum Gasteiger partial charge on any atom is 0.252 e. The van der Waals surface area contributed by atoms with Crippen molar-refractivity contribution in [2.75, 3.05) is 46.3 Å². The predicted octanol–water partition coefficient (Wildman–Crippen LogP) is 2.45. The third kappa shape index (κ3) is 4.81. The molecule has 1 aromatic carbocycles. The van der Waals surface area contributed by atoms with Crippen LogP contribution in [0.25, 0.3) is 10.9 Å². The van der Waals surface area contributed by atoms with Crippen LogP contribution in [0, 0.1) is 0 Å². The highest BCUT2D eigenvalue weighted by molar-refractivity contribution is 6.01. The van der Waals surface area contributed by atoms with Gasteiger partial charge in [0.2, 0.25) is 0 Å². The molecule has 0 radical (unpaired) electrons. The van der Waals surface area contributed by atoms with Crippen molar-refractivity contribution < 1.29 is 9.59 Å². The van der Waals surface area contributed by atoms with E-state index < -0.39 is 5.54 Å². The number of piperidine rings is 1. The third-order valence-corrected chi connectivity index (χ3v) is 7.67. The Morgan fingerprint density at radius 1 is 1.00 bits per heavy atom. The van der Waals surface area contributed by atoms with Crippen LogP contribution in [0.1, 0.15) is 35.7 Å². The molecule has 8 heteroatoms. The van der Waals surface area contributed by atoms with Crippen LogP contribution in [0.3, 0.4) is 0 Å². The molecule has 0 bridgehead atoms. The maximum atomic E-state index is 13.9. The number of nitrogens with zero attached hydrogens (tertiary/aromatic N) is 4. The molecule has 35 heavy (non-hydrogen) atoms. The van der Waals surface area contributed by atoms with Crippen LogP contribution >= 0.6 is 0 Å². The van der Waals surface area contributed by atoms with Gasteiger partial charge in [-0.25, -0.2) is 0 Å².